The molecule has 0 saturated heterocycles. The molecule has 8 heteroatoms. The van der Waals surface area contributed by atoms with Crippen molar-refractivity contribution >= 4 is 11.8 Å². The summed E-state index contributed by atoms with van der Waals surface area (Å²) in [5.41, 5.74) is 0.0951. The Morgan fingerprint density at radius 2 is 2.05 bits per heavy atom. The summed E-state index contributed by atoms with van der Waals surface area (Å²) < 4.78 is 35.7. The Kier molecular flexibility index (Phi) is 5.18. The third-order valence-electron chi connectivity index (χ3n) is 2.62. The highest BCUT2D eigenvalue weighted by atomic mass is 19.1. The highest BCUT2D eigenvalue weighted by Crippen LogP contribution is 2.17. The van der Waals surface area contributed by atoms with Crippen molar-refractivity contribution in [3.63, 3.8) is 0 Å². The van der Waals surface area contributed by atoms with Gasteiger partial charge in [0.1, 0.15) is 18.2 Å². The van der Waals surface area contributed by atoms with Crippen LogP contribution in [0, 0.1) is 11.6 Å². The molecule has 0 aliphatic heterocycles. The van der Waals surface area contributed by atoms with Crippen molar-refractivity contribution in [1.82, 2.24) is 10.2 Å². The van der Waals surface area contributed by atoms with Gasteiger partial charge in [-0.2, -0.15) is 0 Å². The molecule has 0 saturated carbocycles. The van der Waals surface area contributed by atoms with E-state index >= 15 is 0 Å². The minimum absolute atomic E-state index is 0.0321. The third kappa shape index (κ3) is 4.11. The van der Waals surface area contributed by atoms with Crippen LogP contribution in [0.4, 0.5) is 14.6 Å². The van der Waals surface area contributed by atoms with E-state index in [0.29, 0.717) is 12.4 Å². The molecule has 0 aliphatic rings. The van der Waals surface area contributed by atoms with Gasteiger partial charge in [-0.15, -0.1) is 10.2 Å². The zero-order valence-electron chi connectivity index (χ0n) is 11.7. The van der Waals surface area contributed by atoms with Crippen molar-refractivity contribution in [3.8, 4) is 5.75 Å². The fourth-order valence-corrected chi connectivity index (χ4v) is 1.57. The lowest BCUT2D eigenvalue weighted by Gasteiger charge is -2.08. The number of anilines is 1. The first-order valence-electron chi connectivity index (χ1n) is 6.34. The second kappa shape index (κ2) is 7.30. The van der Waals surface area contributed by atoms with Gasteiger partial charge in [0, 0.05) is 6.07 Å². The average molecular weight is 309 g/mol. The molecule has 0 amide bonds. The maximum Gasteiger partial charge on any atom is 0.358 e. The van der Waals surface area contributed by atoms with Crippen LogP contribution in [-0.2, 0) is 4.74 Å². The van der Waals surface area contributed by atoms with E-state index < -0.39 is 17.6 Å². The van der Waals surface area contributed by atoms with E-state index in [0.717, 1.165) is 12.1 Å². The smallest absolute Gasteiger partial charge is 0.358 e. The number of nitrogens with zero attached hydrogens (tertiary/aromatic N) is 2. The number of halogens is 2. The lowest BCUT2D eigenvalue weighted by Crippen LogP contribution is -2.14. The van der Waals surface area contributed by atoms with Gasteiger partial charge in [-0.1, -0.05) is 0 Å². The Bertz CT molecular complexity index is 650. The van der Waals surface area contributed by atoms with E-state index in [9.17, 15) is 13.6 Å². The standard InChI is InChI=1S/C14H13F2N3O3/c1-21-14(20)11-3-5-13(19-18-11)17-6-7-22-12-4-2-9(15)8-10(12)16/h2-5,8H,6-7H2,1H3,(H,17,19). The number of carbonyl (C=O) groups excluding carboxylic acids is 1. The van der Waals surface area contributed by atoms with E-state index in [1.165, 1.54) is 19.2 Å². The molecule has 2 aromatic rings. The van der Waals surface area contributed by atoms with Crippen LogP contribution < -0.4 is 10.1 Å². The van der Waals surface area contributed by atoms with Gasteiger partial charge in [-0.25, -0.2) is 13.6 Å². The summed E-state index contributed by atoms with van der Waals surface area (Å²) in [4.78, 5) is 11.2. The lowest BCUT2D eigenvalue weighted by molar-refractivity contribution is 0.0592. The average Bonchev–Trinajstić information content (AvgIpc) is 2.53. The largest absolute Gasteiger partial charge is 0.489 e. The molecule has 0 bridgehead atoms. The van der Waals surface area contributed by atoms with Crippen molar-refractivity contribution in [2.24, 2.45) is 0 Å². The van der Waals surface area contributed by atoms with Crippen LogP contribution in [0.15, 0.2) is 30.3 Å². The van der Waals surface area contributed by atoms with Gasteiger partial charge in [0.05, 0.1) is 13.7 Å². The number of methoxy groups -OCH3 is 1. The molecule has 0 fully saturated rings. The number of hydrogen-bond donors (Lipinski definition) is 1. The van der Waals surface area contributed by atoms with Crippen LogP contribution in [-0.4, -0.2) is 36.4 Å². The number of hydrogen-bond acceptors (Lipinski definition) is 6. The van der Waals surface area contributed by atoms with Gasteiger partial charge in [0.25, 0.3) is 0 Å². The van der Waals surface area contributed by atoms with E-state index in [2.05, 4.69) is 20.3 Å². The summed E-state index contributed by atoms with van der Waals surface area (Å²) in [5.74, 6) is -1.61. The van der Waals surface area contributed by atoms with Gasteiger partial charge in [0.15, 0.2) is 17.3 Å². The summed E-state index contributed by atoms with van der Waals surface area (Å²) in [6.45, 7) is 0.464. The number of rotatable bonds is 6. The van der Waals surface area contributed by atoms with Crippen LogP contribution in [0.2, 0.25) is 0 Å². The molecule has 1 aromatic heterocycles. The first-order valence-corrected chi connectivity index (χ1v) is 6.34. The predicted octanol–water partition coefficient (Wildman–Crippen LogP) is 2.03. The molecular formula is C14H13F2N3O3. The third-order valence-corrected chi connectivity index (χ3v) is 2.62. The molecule has 0 unspecified atom stereocenters. The van der Waals surface area contributed by atoms with Gasteiger partial charge < -0.3 is 14.8 Å². The van der Waals surface area contributed by atoms with Gasteiger partial charge >= 0.3 is 5.97 Å². The lowest BCUT2D eigenvalue weighted by atomic mass is 10.3. The minimum atomic E-state index is -0.762. The van der Waals surface area contributed by atoms with E-state index in [-0.39, 0.29) is 18.1 Å². The van der Waals surface area contributed by atoms with Crippen molar-refractivity contribution in [2.45, 2.75) is 0 Å². The summed E-state index contributed by atoms with van der Waals surface area (Å²) in [6.07, 6.45) is 0. The number of carbonyl (C=O) groups is 1. The maximum absolute atomic E-state index is 13.3. The monoisotopic (exact) mass is 309 g/mol. The molecule has 0 spiro atoms. The fraction of sp³-hybridized carbons (Fsp3) is 0.214. The topological polar surface area (TPSA) is 73.3 Å². The summed E-state index contributed by atoms with van der Waals surface area (Å²) in [5, 5.41) is 10.3. The molecule has 1 heterocycles. The van der Waals surface area contributed by atoms with Crippen LogP contribution in [0.1, 0.15) is 10.5 Å². The first kappa shape index (κ1) is 15.6. The zero-order valence-corrected chi connectivity index (χ0v) is 11.7. The Balaban J connectivity index is 1.80. The number of ether oxygens (including phenoxy) is 2. The van der Waals surface area contributed by atoms with Crippen molar-refractivity contribution in [2.75, 3.05) is 25.6 Å². The number of nitrogens with one attached hydrogen (secondary N) is 1. The molecule has 22 heavy (non-hydrogen) atoms. The molecule has 1 N–H and O–H groups in total. The Morgan fingerprint density at radius 3 is 2.68 bits per heavy atom. The van der Waals surface area contributed by atoms with Crippen LogP contribution in [0.25, 0.3) is 0 Å². The molecule has 0 radical (unpaired) electrons. The fourth-order valence-electron chi connectivity index (χ4n) is 1.57. The quantitative estimate of drug-likeness (QED) is 0.650. The molecule has 0 aliphatic carbocycles. The van der Waals surface area contributed by atoms with Crippen molar-refractivity contribution in [1.29, 1.82) is 0 Å². The highest BCUT2D eigenvalue weighted by Gasteiger charge is 2.07. The summed E-state index contributed by atoms with van der Waals surface area (Å²) in [6, 6.07) is 6.09. The SMILES string of the molecule is COC(=O)c1ccc(NCCOc2ccc(F)cc2F)nn1. The maximum atomic E-state index is 13.3. The molecule has 2 rings (SSSR count). The van der Waals surface area contributed by atoms with E-state index in [1.807, 2.05) is 0 Å². The van der Waals surface area contributed by atoms with Crippen LogP contribution in [0.5, 0.6) is 5.75 Å². The Hall–Kier alpha value is -2.77. The highest BCUT2D eigenvalue weighted by molar-refractivity contribution is 5.86. The normalized spacial score (nSPS) is 10.1. The summed E-state index contributed by atoms with van der Waals surface area (Å²) >= 11 is 0. The van der Waals surface area contributed by atoms with Crippen molar-refractivity contribution < 1.29 is 23.0 Å². The second-order valence-corrected chi connectivity index (χ2v) is 4.15. The predicted molar refractivity (Wildman–Crippen MR) is 73.7 cm³/mol. The zero-order chi connectivity index (χ0) is 15.9. The van der Waals surface area contributed by atoms with Crippen LogP contribution in [0.3, 0.4) is 0 Å². The molecule has 6 nitrogen and oxygen atoms in total. The molecule has 116 valence electrons. The van der Waals surface area contributed by atoms with Gasteiger partial charge in [-0.05, 0) is 24.3 Å². The second-order valence-electron chi connectivity index (χ2n) is 4.15. The Labute approximate surface area is 125 Å². The van der Waals surface area contributed by atoms with E-state index in [4.69, 9.17) is 4.74 Å². The van der Waals surface area contributed by atoms with Crippen LogP contribution >= 0.6 is 0 Å². The minimum Gasteiger partial charge on any atom is -0.489 e. The van der Waals surface area contributed by atoms with Gasteiger partial charge in [-0.3, -0.25) is 0 Å². The van der Waals surface area contributed by atoms with E-state index in [1.54, 1.807) is 6.07 Å². The van der Waals surface area contributed by atoms with Gasteiger partial charge in [0.2, 0.25) is 0 Å². The Morgan fingerprint density at radius 1 is 1.23 bits per heavy atom. The molecule has 1 aromatic carbocycles. The molecular weight excluding hydrogens is 296 g/mol. The molecule has 0 atom stereocenters. The first-order chi connectivity index (χ1) is 10.6. The van der Waals surface area contributed by atoms with Crippen molar-refractivity contribution in [3.05, 3.63) is 47.7 Å². The summed E-state index contributed by atoms with van der Waals surface area (Å²) in [7, 11) is 1.25. The number of aromatic nitrogens is 2. The number of esters is 1. The number of benzene rings is 1.